The summed E-state index contributed by atoms with van der Waals surface area (Å²) >= 11 is 0. The Morgan fingerprint density at radius 3 is 2.55 bits per heavy atom. The van der Waals surface area contributed by atoms with Crippen molar-refractivity contribution >= 4 is 17.4 Å². The van der Waals surface area contributed by atoms with Crippen molar-refractivity contribution in [1.29, 1.82) is 0 Å². The van der Waals surface area contributed by atoms with Crippen molar-refractivity contribution in [3.8, 4) is 11.5 Å². The Hall–Kier alpha value is -3.32. The molecule has 2 heterocycles. The topological polar surface area (TPSA) is 79.6 Å². The molecule has 0 saturated carbocycles. The van der Waals surface area contributed by atoms with Crippen molar-refractivity contribution in [3.63, 3.8) is 0 Å². The van der Waals surface area contributed by atoms with Crippen molar-refractivity contribution in [2.24, 2.45) is 0 Å². The van der Waals surface area contributed by atoms with Gasteiger partial charge in [-0.25, -0.2) is 9.78 Å². The summed E-state index contributed by atoms with van der Waals surface area (Å²) in [7, 11) is 0. The minimum atomic E-state index is -0.242. The van der Waals surface area contributed by atoms with Gasteiger partial charge in [-0.1, -0.05) is 30.3 Å². The number of hydrogen-bond donors (Lipinski definition) is 2. The van der Waals surface area contributed by atoms with E-state index in [-0.39, 0.29) is 18.2 Å². The Balaban J connectivity index is 1.31. The van der Waals surface area contributed by atoms with Crippen LogP contribution >= 0.6 is 0 Å². The summed E-state index contributed by atoms with van der Waals surface area (Å²) in [6, 6.07) is 17.4. The highest BCUT2D eigenvalue weighted by molar-refractivity contribution is 5.93. The van der Waals surface area contributed by atoms with Crippen molar-refractivity contribution in [3.05, 3.63) is 66.6 Å². The first-order valence-electron chi connectivity index (χ1n) is 10.6. The highest BCUT2D eigenvalue weighted by atomic mass is 16.5. The molecular weight excluding hydrogens is 392 g/mol. The van der Waals surface area contributed by atoms with Gasteiger partial charge in [0.2, 0.25) is 5.89 Å². The zero-order chi connectivity index (χ0) is 21.6. The number of hydrogen-bond acceptors (Lipinski definition) is 5. The Bertz CT molecular complexity index is 995. The zero-order valence-corrected chi connectivity index (χ0v) is 17.9. The molecule has 7 nitrogen and oxygen atoms in total. The summed E-state index contributed by atoms with van der Waals surface area (Å²) in [5.41, 5.74) is 3.52. The largest absolute Gasteiger partial charge is 0.444 e. The van der Waals surface area contributed by atoms with Crippen molar-refractivity contribution in [1.82, 2.24) is 10.3 Å². The molecular formula is C24H28N4O3. The molecule has 2 atom stereocenters. The molecule has 0 aliphatic carbocycles. The van der Waals surface area contributed by atoms with Crippen LogP contribution in [0.1, 0.15) is 19.5 Å². The molecule has 1 fully saturated rings. The van der Waals surface area contributed by atoms with E-state index in [1.807, 2.05) is 54.6 Å². The highest BCUT2D eigenvalue weighted by Crippen LogP contribution is 2.28. The van der Waals surface area contributed by atoms with Crippen LogP contribution in [0.4, 0.5) is 16.2 Å². The molecule has 1 saturated heterocycles. The molecule has 7 heteroatoms. The van der Waals surface area contributed by atoms with E-state index in [0.717, 1.165) is 35.7 Å². The van der Waals surface area contributed by atoms with E-state index in [1.54, 1.807) is 6.26 Å². The lowest BCUT2D eigenvalue weighted by atomic mass is 10.1. The van der Waals surface area contributed by atoms with E-state index in [2.05, 4.69) is 34.4 Å². The summed E-state index contributed by atoms with van der Waals surface area (Å²) < 4.78 is 11.4. The molecule has 162 valence electrons. The number of nitrogens with one attached hydrogen (secondary N) is 2. The summed E-state index contributed by atoms with van der Waals surface area (Å²) in [4.78, 5) is 19.2. The number of amides is 2. The molecule has 0 radical (unpaired) electrons. The summed E-state index contributed by atoms with van der Waals surface area (Å²) in [6.45, 7) is 6.18. The number of oxazole rings is 1. The van der Waals surface area contributed by atoms with Gasteiger partial charge in [0, 0.05) is 31.6 Å². The predicted octanol–water partition coefficient (Wildman–Crippen LogP) is 4.32. The molecule has 2 amide bonds. The van der Waals surface area contributed by atoms with Gasteiger partial charge >= 0.3 is 6.03 Å². The van der Waals surface area contributed by atoms with Gasteiger partial charge in [-0.05, 0) is 38.1 Å². The number of rotatable bonds is 6. The Morgan fingerprint density at radius 2 is 1.77 bits per heavy atom. The smallest absolute Gasteiger partial charge is 0.319 e. The lowest BCUT2D eigenvalue weighted by Gasteiger charge is -2.37. The van der Waals surface area contributed by atoms with E-state index < -0.39 is 0 Å². The van der Waals surface area contributed by atoms with Crippen LogP contribution in [-0.4, -0.2) is 42.9 Å². The van der Waals surface area contributed by atoms with Gasteiger partial charge in [-0.2, -0.15) is 0 Å². The third-order valence-electron chi connectivity index (χ3n) is 5.15. The first-order valence-corrected chi connectivity index (χ1v) is 10.6. The fraction of sp³-hybridized carbons (Fsp3) is 0.333. The first kappa shape index (κ1) is 20.9. The Kier molecular flexibility index (Phi) is 6.52. The minimum Gasteiger partial charge on any atom is -0.444 e. The third kappa shape index (κ3) is 5.44. The maximum Gasteiger partial charge on any atom is 0.319 e. The van der Waals surface area contributed by atoms with Crippen LogP contribution in [0.2, 0.25) is 0 Å². The zero-order valence-electron chi connectivity index (χ0n) is 17.9. The van der Waals surface area contributed by atoms with Gasteiger partial charge < -0.3 is 24.7 Å². The van der Waals surface area contributed by atoms with Crippen LogP contribution in [0.15, 0.2) is 65.3 Å². The van der Waals surface area contributed by atoms with Crippen LogP contribution in [0.5, 0.6) is 0 Å². The number of nitrogens with zero attached hydrogens (tertiary/aromatic N) is 2. The Morgan fingerprint density at radius 1 is 1.06 bits per heavy atom. The fourth-order valence-electron chi connectivity index (χ4n) is 3.84. The minimum absolute atomic E-state index is 0.147. The van der Waals surface area contributed by atoms with Crippen LogP contribution in [0, 0.1) is 0 Å². The number of carbonyl (C=O) groups excluding carboxylic acids is 1. The maximum absolute atomic E-state index is 12.5. The van der Waals surface area contributed by atoms with Crippen LogP contribution in [-0.2, 0) is 11.2 Å². The van der Waals surface area contributed by atoms with Crippen molar-refractivity contribution in [2.45, 2.75) is 32.5 Å². The van der Waals surface area contributed by atoms with Crippen LogP contribution in [0.3, 0.4) is 0 Å². The standard InChI is InChI=1S/C24H28N4O3/c1-17-14-28(15-18(2)31-17)22-11-7-6-10-21(22)27-24(29)25-13-12-20-16-30-23(26-20)19-8-4-3-5-9-19/h3-11,16-18H,12-15H2,1-2H3,(H2,25,27,29). The third-order valence-corrected chi connectivity index (χ3v) is 5.15. The molecule has 0 spiro atoms. The molecule has 31 heavy (non-hydrogen) atoms. The second-order valence-corrected chi connectivity index (χ2v) is 7.82. The number of carbonyl (C=O) groups is 1. The van der Waals surface area contributed by atoms with E-state index in [9.17, 15) is 4.79 Å². The van der Waals surface area contributed by atoms with Crippen molar-refractivity contribution in [2.75, 3.05) is 29.9 Å². The number of benzene rings is 2. The van der Waals surface area contributed by atoms with E-state index in [1.165, 1.54) is 0 Å². The number of anilines is 2. The predicted molar refractivity (Wildman–Crippen MR) is 121 cm³/mol. The number of ether oxygens (including phenoxy) is 1. The van der Waals surface area contributed by atoms with Gasteiger partial charge in [-0.15, -0.1) is 0 Å². The molecule has 1 aromatic heterocycles. The summed E-state index contributed by atoms with van der Waals surface area (Å²) in [5, 5.41) is 5.88. The summed E-state index contributed by atoms with van der Waals surface area (Å²) in [6.07, 6.45) is 2.52. The average molecular weight is 421 g/mol. The molecule has 2 unspecified atom stereocenters. The number of aromatic nitrogens is 1. The van der Waals surface area contributed by atoms with Gasteiger partial charge in [0.1, 0.15) is 6.26 Å². The van der Waals surface area contributed by atoms with Gasteiger partial charge in [0.25, 0.3) is 0 Å². The molecule has 1 aliphatic rings. The van der Waals surface area contributed by atoms with Gasteiger partial charge in [0.05, 0.1) is 29.3 Å². The normalized spacial score (nSPS) is 18.6. The Labute approximate surface area is 182 Å². The maximum atomic E-state index is 12.5. The number of morpholine rings is 1. The van der Waals surface area contributed by atoms with E-state index in [4.69, 9.17) is 9.15 Å². The second kappa shape index (κ2) is 9.66. The van der Waals surface area contributed by atoms with E-state index >= 15 is 0 Å². The molecule has 2 aromatic carbocycles. The molecule has 0 bridgehead atoms. The van der Waals surface area contributed by atoms with Gasteiger partial charge in [-0.3, -0.25) is 0 Å². The number of para-hydroxylation sites is 2. The monoisotopic (exact) mass is 420 g/mol. The second-order valence-electron chi connectivity index (χ2n) is 7.82. The first-order chi connectivity index (χ1) is 15.1. The lowest BCUT2D eigenvalue weighted by Crippen LogP contribution is -2.45. The SMILES string of the molecule is CC1CN(c2ccccc2NC(=O)NCCc2coc(-c3ccccc3)n2)CC(C)O1. The molecule has 2 N–H and O–H groups in total. The van der Waals surface area contributed by atoms with Crippen LogP contribution in [0.25, 0.3) is 11.5 Å². The quantitative estimate of drug-likeness (QED) is 0.621. The fourth-order valence-corrected chi connectivity index (χ4v) is 3.84. The summed E-state index contributed by atoms with van der Waals surface area (Å²) in [5.74, 6) is 0.586. The van der Waals surface area contributed by atoms with Crippen LogP contribution < -0.4 is 15.5 Å². The molecule has 3 aromatic rings. The van der Waals surface area contributed by atoms with Gasteiger partial charge in [0.15, 0.2) is 0 Å². The number of urea groups is 1. The average Bonchev–Trinajstić information content (AvgIpc) is 3.23. The van der Waals surface area contributed by atoms with Crippen molar-refractivity contribution < 1.29 is 13.9 Å². The van der Waals surface area contributed by atoms with E-state index in [0.29, 0.717) is 18.9 Å². The highest BCUT2D eigenvalue weighted by Gasteiger charge is 2.24. The molecule has 1 aliphatic heterocycles. The lowest BCUT2D eigenvalue weighted by molar-refractivity contribution is -0.00517. The molecule has 4 rings (SSSR count).